The number of nitrogens with zero attached hydrogens (tertiary/aromatic N) is 1. The molecule has 16 heavy (non-hydrogen) atoms. The lowest BCUT2D eigenvalue weighted by Crippen LogP contribution is -2.26. The minimum atomic E-state index is -3.01. The van der Waals surface area contributed by atoms with Gasteiger partial charge in [-0.25, -0.2) is 8.42 Å². The van der Waals surface area contributed by atoms with Crippen molar-refractivity contribution in [3.8, 4) is 6.07 Å². The monoisotopic (exact) mass is 245 g/mol. The molecule has 0 aromatic carbocycles. The largest absolute Gasteiger partial charge is 0.380 e. The van der Waals surface area contributed by atoms with Crippen molar-refractivity contribution in [2.24, 2.45) is 5.41 Å². The summed E-state index contributed by atoms with van der Waals surface area (Å²) in [5.41, 5.74) is -0.580. The van der Waals surface area contributed by atoms with Gasteiger partial charge in [0.15, 0.2) is 9.84 Å². The van der Waals surface area contributed by atoms with Gasteiger partial charge in [-0.2, -0.15) is 5.26 Å². The third-order valence-corrected chi connectivity index (χ3v) is 5.52. The molecular formula is C11H19NO3S. The van der Waals surface area contributed by atoms with Gasteiger partial charge in [0.25, 0.3) is 0 Å². The lowest BCUT2D eigenvalue weighted by molar-refractivity contribution is 0.0835. The molecule has 1 saturated carbocycles. The normalized spacial score (nSPS) is 30.2. The summed E-state index contributed by atoms with van der Waals surface area (Å²) in [4.78, 5) is 0. The second-order valence-electron chi connectivity index (χ2n) is 4.35. The standard InChI is InChI=1S/C11H19NO3S/c1-3-15-9-11(8-12)6-5-10(7-11)16(13,14)4-2/h10H,3-7,9H2,1-2H3/t10-,11+/m1/s1. The fraction of sp³-hybridized carbons (Fsp3) is 0.909. The third-order valence-electron chi connectivity index (χ3n) is 3.29. The number of hydrogen-bond donors (Lipinski definition) is 0. The van der Waals surface area contributed by atoms with Gasteiger partial charge in [0.1, 0.15) is 0 Å². The van der Waals surface area contributed by atoms with E-state index >= 15 is 0 Å². The second-order valence-corrected chi connectivity index (χ2v) is 6.92. The molecule has 1 aliphatic carbocycles. The molecule has 2 atom stereocenters. The SMILES string of the molecule is CCOC[C@@]1(C#N)CC[C@@H](S(=O)(=O)CC)C1. The fourth-order valence-corrected chi connectivity index (χ4v) is 3.70. The smallest absolute Gasteiger partial charge is 0.152 e. The van der Waals surface area contributed by atoms with Crippen molar-refractivity contribution in [2.45, 2.75) is 38.4 Å². The molecule has 0 radical (unpaired) electrons. The first-order chi connectivity index (χ1) is 7.49. The Bertz CT molecular complexity index is 371. The quantitative estimate of drug-likeness (QED) is 0.736. The van der Waals surface area contributed by atoms with Crippen LogP contribution < -0.4 is 0 Å². The molecule has 0 aliphatic heterocycles. The Balaban J connectivity index is 2.73. The average molecular weight is 245 g/mol. The topological polar surface area (TPSA) is 67.2 Å². The molecule has 4 nitrogen and oxygen atoms in total. The van der Waals surface area contributed by atoms with Crippen molar-refractivity contribution < 1.29 is 13.2 Å². The molecule has 1 rings (SSSR count). The molecule has 0 aromatic heterocycles. The predicted molar refractivity (Wildman–Crippen MR) is 61.6 cm³/mol. The molecule has 0 N–H and O–H groups in total. The molecular weight excluding hydrogens is 226 g/mol. The van der Waals surface area contributed by atoms with Crippen molar-refractivity contribution in [2.75, 3.05) is 19.0 Å². The second kappa shape index (κ2) is 5.15. The minimum Gasteiger partial charge on any atom is -0.380 e. The highest BCUT2D eigenvalue weighted by Gasteiger charge is 2.44. The van der Waals surface area contributed by atoms with E-state index in [9.17, 15) is 13.7 Å². The Morgan fingerprint density at radius 1 is 1.50 bits per heavy atom. The number of hydrogen-bond acceptors (Lipinski definition) is 4. The van der Waals surface area contributed by atoms with Gasteiger partial charge < -0.3 is 4.74 Å². The van der Waals surface area contributed by atoms with Crippen LogP contribution in [0.3, 0.4) is 0 Å². The molecule has 92 valence electrons. The highest BCUT2D eigenvalue weighted by Crippen LogP contribution is 2.41. The first-order valence-electron chi connectivity index (χ1n) is 5.70. The van der Waals surface area contributed by atoms with E-state index in [4.69, 9.17) is 4.74 Å². The zero-order valence-electron chi connectivity index (χ0n) is 9.90. The molecule has 0 heterocycles. The summed E-state index contributed by atoms with van der Waals surface area (Å²) in [6, 6.07) is 2.25. The maximum atomic E-state index is 11.7. The molecule has 0 amide bonds. The van der Waals surface area contributed by atoms with Crippen LogP contribution in [0.4, 0.5) is 0 Å². The van der Waals surface area contributed by atoms with E-state index in [1.54, 1.807) is 6.92 Å². The molecule has 0 spiro atoms. The molecule has 0 bridgehead atoms. The average Bonchev–Trinajstić information content (AvgIpc) is 2.72. The number of nitriles is 1. The van der Waals surface area contributed by atoms with Crippen LogP contribution in [0.5, 0.6) is 0 Å². The lowest BCUT2D eigenvalue weighted by Gasteiger charge is -2.20. The summed E-state index contributed by atoms with van der Waals surface area (Å²) in [6.45, 7) is 4.45. The van der Waals surface area contributed by atoms with Crippen molar-refractivity contribution >= 4 is 9.84 Å². The Hall–Kier alpha value is -0.600. The summed E-state index contributed by atoms with van der Waals surface area (Å²) < 4.78 is 28.7. The number of rotatable bonds is 5. The maximum Gasteiger partial charge on any atom is 0.152 e. The molecule has 0 unspecified atom stereocenters. The Morgan fingerprint density at radius 2 is 2.19 bits per heavy atom. The highest BCUT2D eigenvalue weighted by atomic mass is 32.2. The van der Waals surface area contributed by atoms with Gasteiger partial charge in [-0.3, -0.25) is 0 Å². The molecule has 1 fully saturated rings. The van der Waals surface area contributed by atoms with Gasteiger partial charge in [-0.05, 0) is 26.2 Å². The van der Waals surface area contributed by atoms with E-state index in [1.165, 1.54) is 0 Å². The number of ether oxygens (including phenoxy) is 1. The van der Waals surface area contributed by atoms with Crippen LogP contribution in [0.15, 0.2) is 0 Å². The van der Waals surface area contributed by atoms with Crippen molar-refractivity contribution in [3.63, 3.8) is 0 Å². The summed E-state index contributed by atoms with van der Waals surface area (Å²) >= 11 is 0. The first-order valence-corrected chi connectivity index (χ1v) is 7.42. The van der Waals surface area contributed by atoms with E-state index in [2.05, 4.69) is 6.07 Å². The van der Waals surface area contributed by atoms with Crippen LogP contribution in [0.2, 0.25) is 0 Å². The van der Waals surface area contributed by atoms with Gasteiger partial charge in [0.2, 0.25) is 0 Å². The van der Waals surface area contributed by atoms with Crippen LogP contribution in [0, 0.1) is 16.7 Å². The zero-order valence-corrected chi connectivity index (χ0v) is 10.7. The van der Waals surface area contributed by atoms with Gasteiger partial charge >= 0.3 is 0 Å². The van der Waals surface area contributed by atoms with E-state index in [-0.39, 0.29) is 11.0 Å². The van der Waals surface area contributed by atoms with Crippen LogP contribution in [0.1, 0.15) is 33.1 Å². The molecule has 1 aliphatic rings. The Labute approximate surface area is 97.5 Å². The van der Waals surface area contributed by atoms with Crippen LogP contribution >= 0.6 is 0 Å². The zero-order chi connectivity index (χ0) is 12.2. The molecule has 5 heteroatoms. The van der Waals surface area contributed by atoms with Crippen LogP contribution in [0.25, 0.3) is 0 Å². The van der Waals surface area contributed by atoms with Gasteiger partial charge in [0, 0.05) is 12.4 Å². The minimum absolute atomic E-state index is 0.161. The van der Waals surface area contributed by atoms with Gasteiger partial charge in [0.05, 0.1) is 23.3 Å². The van der Waals surface area contributed by atoms with Crippen LogP contribution in [-0.2, 0) is 14.6 Å². The third kappa shape index (κ3) is 2.74. The summed E-state index contributed by atoms with van der Waals surface area (Å²) in [6.07, 6.45) is 1.66. The lowest BCUT2D eigenvalue weighted by atomic mass is 9.89. The number of sulfone groups is 1. The summed E-state index contributed by atoms with van der Waals surface area (Å²) in [7, 11) is -3.01. The van der Waals surface area contributed by atoms with E-state index in [1.807, 2.05) is 6.92 Å². The highest BCUT2D eigenvalue weighted by molar-refractivity contribution is 7.92. The van der Waals surface area contributed by atoms with Crippen LogP contribution in [-0.4, -0.2) is 32.6 Å². The Kier molecular flexibility index (Phi) is 4.34. The van der Waals surface area contributed by atoms with E-state index < -0.39 is 15.3 Å². The van der Waals surface area contributed by atoms with Gasteiger partial charge in [-0.1, -0.05) is 6.92 Å². The van der Waals surface area contributed by atoms with Crippen molar-refractivity contribution in [1.82, 2.24) is 0 Å². The fourth-order valence-electron chi connectivity index (χ4n) is 2.18. The predicted octanol–water partition coefficient (Wildman–Crippen LogP) is 1.52. The molecule has 0 saturated heterocycles. The summed E-state index contributed by atoms with van der Waals surface area (Å²) in [5, 5.41) is 8.83. The van der Waals surface area contributed by atoms with Crippen molar-refractivity contribution in [3.05, 3.63) is 0 Å². The molecule has 0 aromatic rings. The Morgan fingerprint density at radius 3 is 2.69 bits per heavy atom. The maximum absolute atomic E-state index is 11.7. The van der Waals surface area contributed by atoms with Crippen molar-refractivity contribution in [1.29, 1.82) is 5.26 Å². The van der Waals surface area contributed by atoms with Gasteiger partial charge in [-0.15, -0.1) is 0 Å². The van der Waals surface area contributed by atoms with E-state index in [0.29, 0.717) is 32.5 Å². The summed E-state index contributed by atoms with van der Waals surface area (Å²) in [5.74, 6) is 0.161. The van der Waals surface area contributed by atoms with E-state index in [0.717, 1.165) is 0 Å². The first kappa shape index (κ1) is 13.5.